The number of aromatic nitrogens is 2. The van der Waals surface area contributed by atoms with E-state index in [1.54, 1.807) is 18.9 Å². The van der Waals surface area contributed by atoms with Crippen LogP contribution in [0.3, 0.4) is 0 Å². The van der Waals surface area contributed by atoms with E-state index < -0.39 is 0 Å². The van der Waals surface area contributed by atoms with Crippen LogP contribution in [0.2, 0.25) is 0 Å². The smallest absolute Gasteiger partial charge is 0.171 e. The Morgan fingerprint density at radius 1 is 1.29 bits per heavy atom. The molecule has 0 saturated heterocycles. The number of fused-ring (bicyclic) bond motifs is 1. The van der Waals surface area contributed by atoms with Crippen molar-refractivity contribution < 1.29 is 9.84 Å². The molecule has 0 fully saturated rings. The van der Waals surface area contributed by atoms with E-state index in [0.717, 1.165) is 36.9 Å². The molecule has 0 unspecified atom stereocenters. The second kappa shape index (κ2) is 6.09. The number of hydrogen-bond acceptors (Lipinski definition) is 4. The summed E-state index contributed by atoms with van der Waals surface area (Å²) in [7, 11) is 1.65. The van der Waals surface area contributed by atoms with Gasteiger partial charge in [-0.2, -0.15) is 0 Å². The van der Waals surface area contributed by atoms with Gasteiger partial charge in [0, 0.05) is 15.4 Å². The number of nitrogens with one attached hydrogen (secondary N) is 1. The Morgan fingerprint density at radius 2 is 2.14 bits per heavy atom. The summed E-state index contributed by atoms with van der Waals surface area (Å²) in [6.45, 7) is 0.0238. The number of benzene rings is 2. The van der Waals surface area contributed by atoms with Crippen LogP contribution >= 0.6 is 27.7 Å². The van der Waals surface area contributed by atoms with Gasteiger partial charge in [0.05, 0.1) is 24.8 Å². The number of nitrogens with zero attached hydrogens (tertiary/aromatic N) is 1. The number of imidazole rings is 1. The Bertz CT molecular complexity index is 788. The predicted molar refractivity (Wildman–Crippen MR) is 86.8 cm³/mol. The lowest BCUT2D eigenvalue weighted by atomic mass is 10.2. The van der Waals surface area contributed by atoms with Crippen LogP contribution in [-0.2, 0) is 6.61 Å². The zero-order valence-electron chi connectivity index (χ0n) is 11.3. The van der Waals surface area contributed by atoms with Gasteiger partial charge in [-0.05, 0) is 29.8 Å². The van der Waals surface area contributed by atoms with Crippen molar-refractivity contribution in [1.29, 1.82) is 0 Å². The summed E-state index contributed by atoms with van der Waals surface area (Å²) in [4.78, 5) is 8.86. The zero-order chi connectivity index (χ0) is 14.8. The maximum Gasteiger partial charge on any atom is 0.171 e. The van der Waals surface area contributed by atoms with E-state index in [1.165, 1.54) is 0 Å². The third-order valence-electron chi connectivity index (χ3n) is 3.08. The molecule has 0 bridgehead atoms. The molecule has 0 aliphatic carbocycles. The van der Waals surface area contributed by atoms with Crippen molar-refractivity contribution in [3.63, 3.8) is 0 Å². The number of aliphatic hydroxyl groups is 1. The molecule has 0 spiro atoms. The zero-order valence-corrected chi connectivity index (χ0v) is 13.7. The molecule has 0 atom stereocenters. The molecule has 3 aromatic rings. The summed E-state index contributed by atoms with van der Waals surface area (Å²) in [6, 6.07) is 11.6. The first kappa shape index (κ1) is 14.4. The summed E-state index contributed by atoms with van der Waals surface area (Å²) in [5, 5.41) is 10.00. The number of hydrogen-bond donors (Lipinski definition) is 2. The quantitative estimate of drug-likeness (QED) is 0.734. The second-order valence-electron chi connectivity index (χ2n) is 4.44. The third kappa shape index (κ3) is 3.07. The lowest BCUT2D eigenvalue weighted by Gasteiger charge is -2.03. The number of halogens is 1. The van der Waals surface area contributed by atoms with E-state index in [9.17, 15) is 5.11 Å². The molecule has 21 heavy (non-hydrogen) atoms. The fourth-order valence-electron chi connectivity index (χ4n) is 1.97. The Labute approximate surface area is 134 Å². The first-order chi connectivity index (χ1) is 10.2. The molecule has 0 radical (unpaired) electrons. The van der Waals surface area contributed by atoms with Crippen LogP contribution in [-0.4, -0.2) is 22.2 Å². The average molecular weight is 365 g/mol. The maximum atomic E-state index is 9.18. The minimum atomic E-state index is 0.0238. The highest BCUT2D eigenvalue weighted by Crippen LogP contribution is 2.31. The average Bonchev–Trinajstić information content (AvgIpc) is 2.88. The molecule has 108 valence electrons. The van der Waals surface area contributed by atoms with E-state index in [0.29, 0.717) is 0 Å². The highest BCUT2D eigenvalue weighted by Gasteiger charge is 2.07. The molecule has 0 amide bonds. The van der Waals surface area contributed by atoms with E-state index >= 15 is 0 Å². The second-order valence-corrected chi connectivity index (χ2v) is 6.35. The lowest BCUT2D eigenvalue weighted by Crippen LogP contribution is -1.85. The van der Waals surface area contributed by atoms with Crippen LogP contribution in [0.15, 0.2) is 50.9 Å². The molecular weight excluding hydrogens is 352 g/mol. The first-order valence-corrected chi connectivity index (χ1v) is 7.91. The Hall–Kier alpha value is -1.50. The van der Waals surface area contributed by atoms with Crippen LogP contribution in [0.4, 0.5) is 0 Å². The molecule has 3 rings (SSSR count). The predicted octanol–water partition coefficient (Wildman–Crippen LogP) is 3.98. The fourth-order valence-corrected chi connectivity index (χ4v) is 3.47. The Kier molecular flexibility index (Phi) is 4.19. The molecule has 1 aromatic heterocycles. The molecule has 2 aromatic carbocycles. The third-order valence-corrected chi connectivity index (χ3v) is 4.69. The molecule has 0 aliphatic heterocycles. The molecule has 4 nitrogen and oxygen atoms in total. The number of aromatic amines is 1. The summed E-state index contributed by atoms with van der Waals surface area (Å²) in [5.74, 6) is 0.803. The molecule has 6 heteroatoms. The van der Waals surface area contributed by atoms with Gasteiger partial charge in [-0.3, -0.25) is 0 Å². The van der Waals surface area contributed by atoms with E-state index in [2.05, 4.69) is 25.9 Å². The van der Waals surface area contributed by atoms with Crippen LogP contribution in [0.1, 0.15) is 5.56 Å². The number of rotatable bonds is 4. The maximum absolute atomic E-state index is 9.18. The van der Waals surface area contributed by atoms with Gasteiger partial charge in [0.25, 0.3) is 0 Å². The number of H-pyrrole nitrogens is 1. The van der Waals surface area contributed by atoms with Gasteiger partial charge in [-0.1, -0.05) is 33.8 Å². The van der Waals surface area contributed by atoms with Crippen LogP contribution in [0.5, 0.6) is 5.75 Å². The minimum absolute atomic E-state index is 0.0238. The van der Waals surface area contributed by atoms with Gasteiger partial charge < -0.3 is 14.8 Å². The Balaban J connectivity index is 1.89. The molecule has 1 heterocycles. The van der Waals surface area contributed by atoms with Gasteiger partial charge in [-0.25, -0.2) is 4.98 Å². The van der Waals surface area contributed by atoms with Crippen molar-refractivity contribution in [2.24, 2.45) is 0 Å². The molecular formula is C15H13BrN2O2S. The van der Waals surface area contributed by atoms with Crippen molar-refractivity contribution in [3.8, 4) is 5.75 Å². The van der Waals surface area contributed by atoms with Gasteiger partial charge >= 0.3 is 0 Å². The lowest BCUT2D eigenvalue weighted by molar-refractivity contribution is 0.281. The number of ether oxygens (including phenoxy) is 1. The van der Waals surface area contributed by atoms with Crippen LogP contribution in [0, 0.1) is 0 Å². The molecule has 0 saturated carbocycles. The van der Waals surface area contributed by atoms with Crippen molar-refractivity contribution in [3.05, 3.63) is 46.4 Å². The topological polar surface area (TPSA) is 58.1 Å². The number of methoxy groups -OCH3 is 1. The van der Waals surface area contributed by atoms with Gasteiger partial charge in [0.1, 0.15) is 5.75 Å². The highest BCUT2D eigenvalue weighted by molar-refractivity contribution is 9.10. The summed E-state index contributed by atoms with van der Waals surface area (Å²) in [6.07, 6.45) is 0. The summed E-state index contributed by atoms with van der Waals surface area (Å²) < 4.78 is 6.10. The Morgan fingerprint density at radius 3 is 2.86 bits per heavy atom. The first-order valence-electron chi connectivity index (χ1n) is 6.30. The number of aliphatic hydroxyl groups excluding tert-OH is 1. The van der Waals surface area contributed by atoms with E-state index in [4.69, 9.17) is 4.74 Å². The van der Waals surface area contributed by atoms with Crippen molar-refractivity contribution in [2.45, 2.75) is 16.7 Å². The normalized spacial score (nSPS) is 11.0. The largest absolute Gasteiger partial charge is 0.497 e. The molecule has 2 N–H and O–H groups in total. The van der Waals surface area contributed by atoms with E-state index in [1.807, 2.05) is 36.4 Å². The standard InChI is InChI=1S/C15H13BrN2O2S/c1-20-10-3-5-13-14(6-10)18-15(17-13)21-11-4-2-9(8-19)12(16)7-11/h2-7,19H,8H2,1H3,(H,17,18). The SMILES string of the molecule is COc1ccc2nc(Sc3ccc(CO)c(Br)c3)[nH]c2c1. The van der Waals surface area contributed by atoms with Crippen molar-refractivity contribution >= 4 is 38.7 Å². The summed E-state index contributed by atoms with van der Waals surface area (Å²) in [5.41, 5.74) is 2.72. The van der Waals surface area contributed by atoms with Crippen molar-refractivity contribution in [1.82, 2.24) is 9.97 Å². The van der Waals surface area contributed by atoms with Gasteiger partial charge in [-0.15, -0.1) is 0 Å². The minimum Gasteiger partial charge on any atom is -0.497 e. The van der Waals surface area contributed by atoms with Crippen LogP contribution < -0.4 is 4.74 Å². The summed E-state index contributed by atoms with van der Waals surface area (Å²) >= 11 is 4.99. The van der Waals surface area contributed by atoms with Crippen molar-refractivity contribution in [2.75, 3.05) is 7.11 Å². The fraction of sp³-hybridized carbons (Fsp3) is 0.133. The highest BCUT2D eigenvalue weighted by atomic mass is 79.9. The molecule has 0 aliphatic rings. The monoisotopic (exact) mass is 364 g/mol. The van der Waals surface area contributed by atoms with Gasteiger partial charge in [0.15, 0.2) is 5.16 Å². The van der Waals surface area contributed by atoms with Crippen LogP contribution in [0.25, 0.3) is 11.0 Å². The van der Waals surface area contributed by atoms with E-state index in [-0.39, 0.29) is 6.61 Å². The van der Waals surface area contributed by atoms with Gasteiger partial charge in [0.2, 0.25) is 0 Å².